The number of amides is 1. The Hall–Kier alpha value is -0.0300. The molecular formula is C11H23Cl2N3O. The minimum atomic E-state index is -0.383. The van der Waals surface area contributed by atoms with E-state index >= 15 is 0 Å². The van der Waals surface area contributed by atoms with Gasteiger partial charge in [-0.2, -0.15) is 0 Å². The molecule has 1 aliphatic carbocycles. The third-order valence-electron chi connectivity index (χ3n) is 3.36. The number of nitrogens with two attached hydrogens (primary N) is 1. The van der Waals surface area contributed by atoms with Crippen LogP contribution in [-0.2, 0) is 4.79 Å². The fourth-order valence-electron chi connectivity index (χ4n) is 2.21. The summed E-state index contributed by atoms with van der Waals surface area (Å²) in [4.78, 5) is 13.8. The highest BCUT2D eigenvalue weighted by molar-refractivity contribution is 5.85. The van der Waals surface area contributed by atoms with Gasteiger partial charge in [-0.05, 0) is 38.6 Å². The molecule has 17 heavy (non-hydrogen) atoms. The summed E-state index contributed by atoms with van der Waals surface area (Å²) >= 11 is 0. The standard InChI is InChI=1S/C11H21N3O.2ClH/c1-8(12)11(15)13-6-9-4-5-14(7-9)10-2-3-10;;/h8-10H,2-7,12H2,1H3,(H,13,15);2*1H. The largest absolute Gasteiger partial charge is 0.354 e. The molecule has 4 nitrogen and oxygen atoms in total. The summed E-state index contributed by atoms with van der Waals surface area (Å²) in [5.41, 5.74) is 5.48. The number of halogens is 2. The van der Waals surface area contributed by atoms with E-state index in [-0.39, 0.29) is 36.8 Å². The second kappa shape index (κ2) is 7.41. The van der Waals surface area contributed by atoms with Crippen molar-refractivity contribution in [1.29, 1.82) is 0 Å². The highest BCUT2D eigenvalue weighted by Gasteiger charge is 2.34. The van der Waals surface area contributed by atoms with Crippen molar-refractivity contribution < 1.29 is 4.79 Å². The Labute approximate surface area is 115 Å². The summed E-state index contributed by atoms with van der Waals surface area (Å²) in [5.74, 6) is 0.605. The third kappa shape index (κ3) is 5.00. The summed E-state index contributed by atoms with van der Waals surface area (Å²) in [7, 11) is 0. The van der Waals surface area contributed by atoms with Gasteiger partial charge in [0.15, 0.2) is 0 Å². The van der Waals surface area contributed by atoms with Crippen LogP contribution in [0.5, 0.6) is 0 Å². The van der Waals surface area contributed by atoms with Gasteiger partial charge in [0, 0.05) is 19.1 Å². The Balaban J connectivity index is 0.00000128. The molecule has 0 aromatic heterocycles. The maximum atomic E-state index is 11.3. The predicted octanol–water partition coefficient (Wildman–Crippen LogP) is 0.778. The van der Waals surface area contributed by atoms with E-state index in [0.717, 1.165) is 19.1 Å². The van der Waals surface area contributed by atoms with Crippen molar-refractivity contribution in [3.63, 3.8) is 0 Å². The lowest BCUT2D eigenvalue weighted by Gasteiger charge is -2.15. The number of carbonyl (C=O) groups excluding carboxylic acids is 1. The summed E-state index contributed by atoms with van der Waals surface area (Å²) < 4.78 is 0. The van der Waals surface area contributed by atoms with Gasteiger partial charge >= 0.3 is 0 Å². The molecule has 2 aliphatic rings. The average Bonchev–Trinajstić information content (AvgIpc) is 2.95. The van der Waals surface area contributed by atoms with Crippen molar-refractivity contribution in [2.24, 2.45) is 11.7 Å². The molecule has 6 heteroatoms. The zero-order chi connectivity index (χ0) is 10.8. The average molecular weight is 284 g/mol. The Kier molecular flexibility index (Phi) is 7.40. The van der Waals surface area contributed by atoms with Crippen molar-refractivity contribution in [3.05, 3.63) is 0 Å². The Morgan fingerprint density at radius 2 is 2.06 bits per heavy atom. The van der Waals surface area contributed by atoms with Crippen molar-refractivity contribution in [2.45, 2.75) is 38.3 Å². The number of nitrogens with zero attached hydrogens (tertiary/aromatic N) is 1. The van der Waals surface area contributed by atoms with E-state index < -0.39 is 0 Å². The van der Waals surface area contributed by atoms with Gasteiger partial charge in [0.1, 0.15) is 0 Å². The van der Waals surface area contributed by atoms with Crippen LogP contribution in [0.3, 0.4) is 0 Å². The molecule has 1 amide bonds. The molecule has 2 atom stereocenters. The molecule has 2 unspecified atom stereocenters. The first-order valence-corrected chi connectivity index (χ1v) is 5.94. The molecule has 0 bridgehead atoms. The Bertz CT molecular complexity index is 247. The summed E-state index contributed by atoms with van der Waals surface area (Å²) in [5, 5.41) is 2.91. The van der Waals surface area contributed by atoms with Crippen molar-refractivity contribution in [3.8, 4) is 0 Å². The van der Waals surface area contributed by atoms with Crippen molar-refractivity contribution >= 4 is 30.7 Å². The van der Waals surface area contributed by atoms with Gasteiger partial charge in [-0.15, -0.1) is 24.8 Å². The second-order valence-electron chi connectivity index (χ2n) is 4.91. The molecule has 1 saturated heterocycles. The van der Waals surface area contributed by atoms with E-state index in [1.807, 2.05) is 0 Å². The smallest absolute Gasteiger partial charge is 0.236 e. The SMILES string of the molecule is CC(N)C(=O)NCC1CCN(C2CC2)C1.Cl.Cl. The number of rotatable bonds is 4. The summed E-state index contributed by atoms with van der Waals surface area (Å²) in [6, 6.07) is 0.477. The van der Waals surface area contributed by atoms with Crippen LogP contribution >= 0.6 is 24.8 Å². The molecule has 1 saturated carbocycles. The number of carbonyl (C=O) groups is 1. The molecule has 0 radical (unpaired) electrons. The van der Waals surface area contributed by atoms with Crippen LogP contribution in [0.4, 0.5) is 0 Å². The van der Waals surface area contributed by atoms with E-state index in [9.17, 15) is 4.79 Å². The van der Waals surface area contributed by atoms with Crippen LogP contribution in [0.1, 0.15) is 26.2 Å². The van der Waals surface area contributed by atoms with Crippen molar-refractivity contribution in [1.82, 2.24) is 10.2 Å². The zero-order valence-corrected chi connectivity index (χ0v) is 11.9. The minimum absolute atomic E-state index is 0. The van der Waals surface area contributed by atoms with Crippen LogP contribution in [0.25, 0.3) is 0 Å². The zero-order valence-electron chi connectivity index (χ0n) is 10.2. The van der Waals surface area contributed by atoms with E-state index in [4.69, 9.17) is 5.73 Å². The fraction of sp³-hybridized carbons (Fsp3) is 0.909. The molecule has 2 fully saturated rings. The van der Waals surface area contributed by atoms with Crippen molar-refractivity contribution in [2.75, 3.05) is 19.6 Å². The first kappa shape index (κ1) is 17.0. The molecule has 102 valence electrons. The molecule has 0 aromatic rings. The highest BCUT2D eigenvalue weighted by atomic mass is 35.5. The van der Waals surface area contributed by atoms with Crippen LogP contribution < -0.4 is 11.1 Å². The lowest BCUT2D eigenvalue weighted by atomic mass is 10.1. The molecular weight excluding hydrogens is 261 g/mol. The lowest BCUT2D eigenvalue weighted by molar-refractivity contribution is -0.122. The van der Waals surface area contributed by atoms with Gasteiger partial charge in [0.25, 0.3) is 0 Å². The fourth-order valence-corrected chi connectivity index (χ4v) is 2.21. The molecule has 2 rings (SSSR count). The van der Waals surface area contributed by atoms with Crippen LogP contribution in [-0.4, -0.2) is 42.5 Å². The first-order chi connectivity index (χ1) is 7.16. The van der Waals surface area contributed by atoms with Gasteiger partial charge in [-0.1, -0.05) is 0 Å². The first-order valence-electron chi connectivity index (χ1n) is 5.94. The van der Waals surface area contributed by atoms with Gasteiger partial charge in [0.05, 0.1) is 6.04 Å². The number of nitrogens with one attached hydrogen (secondary N) is 1. The topological polar surface area (TPSA) is 58.4 Å². The Morgan fingerprint density at radius 3 is 2.59 bits per heavy atom. The third-order valence-corrected chi connectivity index (χ3v) is 3.36. The van der Waals surface area contributed by atoms with E-state index in [1.165, 1.54) is 25.8 Å². The van der Waals surface area contributed by atoms with E-state index in [2.05, 4.69) is 10.2 Å². The lowest BCUT2D eigenvalue weighted by Crippen LogP contribution is -2.40. The molecule has 3 N–H and O–H groups in total. The molecule has 0 spiro atoms. The van der Waals surface area contributed by atoms with Gasteiger partial charge in [-0.3, -0.25) is 4.79 Å². The quantitative estimate of drug-likeness (QED) is 0.802. The van der Waals surface area contributed by atoms with Crippen LogP contribution in [0.15, 0.2) is 0 Å². The van der Waals surface area contributed by atoms with Crippen LogP contribution in [0.2, 0.25) is 0 Å². The van der Waals surface area contributed by atoms with Gasteiger partial charge in [-0.25, -0.2) is 0 Å². The van der Waals surface area contributed by atoms with Crippen LogP contribution in [0, 0.1) is 5.92 Å². The number of hydrogen-bond acceptors (Lipinski definition) is 3. The number of likely N-dealkylation sites (tertiary alicyclic amines) is 1. The number of hydrogen-bond donors (Lipinski definition) is 2. The van der Waals surface area contributed by atoms with Gasteiger partial charge < -0.3 is 16.0 Å². The molecule has 0 aromatic carbocycles. The monoisotopic (exact) mass is 283 g/mol. The second-order valence-corrected chi connectivity index (χ2v) is 4.91. The normalized spacial score (nSPS) is 25.6. The van der Waals surface area contributed by atoms with E-state index in [0.29, 0.717) is 5.92 Å². The highest BCUT2D eigenvalue weighted by Crippen LogP contribution is 2.31. The summed E-state index contributed by atoms with van der Waals surface area (Å²) in [6.45, 7) is 4.89. The molecule has 1 aliphatic heterocycles. The predicted molar refractivity (Wildman–Crippen MR) is 73.9 cm³/mol. The summed E-state index contributed by atoms with van der Waals surface area (Å²) in [6.07, 6.45) is 3.97. The maximum Gasteiger partial charge on any atom is 0.236 e. The molecule has 1 heterocycles. The Morgan fingerprint density at radius 1 is 1.41 bits per heavy atom. The van der Waals surface area contributed by atoms with E-state index in [1.54, 1.807) is 6.92 Å². The minimum Gasteiger partial charge on any atom is -0.354 e. The maximum absolute atomic E-state index is 11.3. The van der Waals surface area contributed by atoms with Gasteiger partial charge in [0.2, 0.25) is 5.91 Å².